The number of carbonyl (C=O) groups excluding carboxylic acids is 3. The highest BCUT2D eigenvalue weighted by molar-refractivity contribution is 9.11. The van der Waals surface area contributed by atoms with Crippen LogP contribution < -0.4 is 5.32 Å². The minimum absolute atomic E-state index is 0.0519. The lowest BCUT2D eigenvalue weighted by molar-refractivity contribution is -0.141. The molecule has 1 atom stereocenters. The number of halogens is 2. The van der Waals surface area contributed by atoms with Crippen LogP contribution in [0.3, 0.4) is 0 Å². The molecule has 2 rings (SSSR count). The van der Waals surface area contributed by atoms with Gasteiger partial charge in [0, 0.05) is 21.0 Å². The summed E-state index contributed by atoms with van der Waals surface area (Å²) in [7, 11) is 0. The Morgan fingerprint density at radius 1 is 1.16 bits per heavy atom. The molecule has 0 aliphatic carbocycles. The van der Waals surface area contributed by atoms with E-state index in [0.29, 0.717) is 26.5 Å². The van der Waals surface area contributed by atoms with Gasteiger partial charge in [0.25, 0.3) is 5.91 Å². The van der Waals surface area contributed by atoms with Gasteiger partial charge in [-0.3, -0.25) is 14.9 Å². The minimum atomic E-state index is -0.977. The van der Waals surface area contributed by atoms with E-state index in [4.69, 9.17) is 9.47 Å². The number of imide groups is 1. The summed E-state index contributed by atoms with van der Waals surface area (Å²) in [6.07, 6.45) is -1.64. The van der Waals surface area contributed by atoms with Gasteiger partial charge in [0.2, 0.25) is 0 Å². The Hall–Kier alpha value is -2.04. The fourth-order valence-corrected chi connectivity index (χ4v) is 4.27. The van der Waals surface area contributed by atoms with Crippen LogP contribution in [0.1, 0.15) is 42.3 Å². The normalized spacial score (nSPS) is 12.0. The molecule has 32 heavy (non-hydrogen) atoms. The van der Waals surface area contributed by atoms with Crippen LogP contribution in [0.5, 0.6) is 5.75 Å². The second-order valence-corrected chi connectivity index (χ2v) is 9.63. The van der Waals surface area contributed by atoms with Crippen LogP contribution in [0, 0.1) is 5.41 Å². The zero-order chi connectivity index (χ0) is 23.9. The van der Waals surface area contributed by atoms with Crippen LogP contribution in [0.25, 0.3) is 0 Å². The SMILES string of the molecule is CC(C)(CCOC(=O)CS)[C@@H](OC(=O)NC(=O)c1ccccc1)c1cc(Br)cc(Br)c1O. The average molecular weight is 589 g/mol. The molecule has 2 N–H and O–H groups in total. The molecule has 0 heterocycles. The highest BCUT2D eigenvalue weighted by Gasteiger charge is 2.37. The molecular weight excluding hydrogens is 566 g/mol. The smallest absolute Gasteiger partial charge is 0.414 e. The number of rotatable bonds is 8. The summed E-state index contributed by atoms with van der Waals surface area (Å²) in [6.45, 7) is 3.66. The van der Waals surface area contributed by atoms with Crippen LogP contribution in [0.4, 0.5) is 4.79 Å². The van der Waals surface area contributed by atoms with Gasteiger partial charge in [-0.15, -0.1) is 0 Å². The predicted molar refractivity (Wildman–Crippen MR) is 130 cm³/mol. The number of hydrogen-bond acceptors (Lipinski definition) is 7. The van der Waals surface area contributed by atoms with Gasteiger partial charge in [0.05, 0.1) is 16.8 Å². The Morgan fingerprint density at radius 3 is 2.44 bits per heavy atom. The third-order valence-corrected chi connectivity index (χ3v) is 5.99. The van der Waals surface area contributed by atoms with Gasteiger partial charge in [-0.05, 0) is 46.6 Å². The van der Waals surface area contributed by atoms with Crippen LogP contribution in [0.2, 0.25) is 0 Å². The van der Waals surface area contributed by atoms with Gasteiger partial charge in [0.1, 0.15) is 11.9 Å². The third kappa shape index (κ3) is 7.25. The minimum Gasteiger partial charge on any atom is -0.506 e. The van der Waals surface area contributed by atoms with Crippen molar-refractivity contribution >= 4 is 62.5 Å². The predicted octanol–water partition coefficient (Wildman–Crippen LogP) is 5.41. The first kappa shape index (κ1) is 26.2. The number of esters is 1. The molecule has 0 unspecified atom stereocenters. The van der Waals surface area contributed by atoms with Crippen LogP contribution in [0.15, 0.2) is 51.4 Å². The zero-order valence-electron chi connectivity index (χ0n) is 17.4. The zero-order valence-corrected chi connectivity index (χ0v) is 21.5. The summed E-state index contributed by atoms with van der Waals surface area (Å²) >= 11 is 10.5. The van der Waals surface area contributed by atoms with E-state index in [0.717, 1.165) is 0 Å². The summed E-state index contributed by atoms with van der Waals surface area (Å²) in [6, 6.07) is 11.5. The standard InChI is InChI=1S/C22H23Br2NO6S/c1-22(2,8-9-30-17(26)12-32)19(15-10-14(23)11-16(24)18(15)27)31-21(29)25-20(28)13-6-4-3-5-7-13/h3-7,10-11,19,27,32H,8-9,12H2,1-2H3,(H,25,28,29)/t19-/m0/s1. The second-order valence-electron chi connectivity index (χ2n) is 7.55. The highest BCUT2D eigenvalue weighted by Crippen LogP contribution is 2.46. The Kier molecular flexibility index (Phi) is 9.60. The lowest BCUT2D eigenvalue weighted by Gasteiger charge is -2.34. The van der Waals surface area contributed by atoms with Crippen LogP contribution in [-0.4, -0.2) is 35.4 Å². The number of hydrogen-bond donors (Lipinski definition) is 3. The van der Waals surface area contributed by atoms with Crippen molar-refractivity contribution in [2.24, 2.45) is 5.41 Å². The number of aromatic hydroxyl groups is 1. The fraction of sp³-hybridized carbons (Fsp3) is 0.318. The van der Waals surface area contributed by atoms with Gasteiger partial charge in [-0.2, -0.15) is 12.6 Å². The number of benzene rings is 2. The monoisotopic (exact) mass is 587 g/mol. The Balaban J connectivity index is 2.28. The number of phenolic OH excluding ortho intramolecular Hbond substituents is 1. The summed E-state index contributed by atoms with van der Waals surface area (Å²) in [5.41, 5.74) is -0.173. The molecule has 2 amide bonds. The lowest BCUT2D eigenvalue weighted by Crippen LogP contribution is -2.36. The quantitative estimate of drug-likeness (QED) is 0.281. The first-order chi connectivity index (χ1) is 15.0. The van der Waals surface area contributed by atoms with Crippen molar-refractivity contribution in [3.8, 4) is 5.75 Å². The first-order valence-corrected chi connectivity index (χ1v) is 11.8. The van der Waals surface area contributed by atoms with Crippen molar-refractivity contribution in [2.75, 3.05) is 12.4 Å². The molecule has 0 aliphatic heterocycles. The number of amides is 2. The van der Waals surface area contributed by atoms with Crippen LogP contribution in [-0.2, 0) is 14.3 Å². The molecule has 0 fully saturated rings. The number of phenols is 1. The van der Waals surface area contributed by atoms with Gasteiger partial charge in [-0.1, -0.05) is 48.0 Å². The molecule has 7 nitrogen and oxygen atoms in total. The summed E-state index contributed by atoms with van der Waals surface area (Å²) in [5, 5.41) is 12.8. The first-order valence-electron chi connectivity index (χ1n) is 9.56. The molecule has 0 bridgehead atoms. The van der Waals surface area contributed by atoms with E-state index in [1.807, 2.05) is 0 Å². The number of nitrogens with one attached hydrogen (secondary N) is 1. The van der Waals surface area contributed by atoms with Crippen molar-refractivity contribution in [3.63, 3.8) is 0 Å². The topological polar surface area (TPSA) is 102 Å². The van der Waals surface area contributed by atoms with Gasteiger partial charge < -0.3 is 14.6 Å². The molecule has 172 valence electrons. The average Bonchev–Trinajstić information content (AvgIpc) is 2.74. The Morgan fingerprint density at radius 2 is 1.81 bits per heavy atom. The molecule has 0 aromatic heterocycles. The van der Waals surface area contributed by atoms with Crippen LogP contribution >= 0.6 is 44.5 Å². The Bertz CT molecular complexity index is 984. The molecule has 0 spiro atoms. The third-order valence-electron chi connectivity index (χ3n) is 4.66. The van der Waals surface area contributed by atoms with E-state index >= 15 is 0 Å². The van der Waals surface area contributed by atoms with E-state index in [1.54, 1.807) is 56.3 Å². The molecule has 10 heteroatoms. The molecule has 0 saturated heterocycles. The van der Waals surface area contributed by atoms with E-state index < -0.39 is 29.5 Å². The van der Waals surface area contributed by atoms with E-state index in [9.17, 15) is 19.5 Å². The van der Waals surface area contributed by atoms with Gasteiger partial charge >= 0.3 is 12.1 Å². The summed E-state index contributed by atoms with van der Waals surface area (Å²) in [4.78, 5) is 36.4. The number of alkyl carbamates (subject to hydrolysis) is 1. The van der Waals surface area contributed by atoms with Gasteiger partial charge in [0.15, 0.2) is 0 Å². The van der Waals surface area contributed by atoms with E-state index in [1.165, 1.54) is 0 Å². The van der Waals surface area contributed by atoms with Gasteiger partial charge in [-0.25, -0.2) is 4.79 Å². The maximum absolute atomic E-state index is 12.6. The number of ether oxygens (including phenoxy) is 2. The highest BCUT2D eigenvalue weighted by atomic mass is 79.9. The summed E-state index contributed by atoms with van der Waals surface area (Å²) in [5.74, 6) is -1.25. The fourth-order valence-electron chi connectivity index (χ4n) is 2.93. The molecule has 2 aromatic carbocycles. The summed E-state index contributed by atoms with van der Waals surface area (Å²) < 4.78 is 11.8. The van der Waals surface area contributed by atoms with Crippen molar-refractivity contribution in [3.05, 3.63) is 62.5 Å². The van der Waals surface area contributed by atoms with Crippen molar-refractivity contribution < 1.29 is 29.0 Å². The molecule has 0 aliphatic rings. The maximum atomic E-state index is 12.6. The molecule has 0 saturated carbocycles. The maximum Gasteiger partial charge on any atom is 0.414 e. The molecular formula is C22H23Br2NO6S. The number of thiol groups is 1. The van der Waals surface area contributed by atoms with E-state index in [-0.39, 0.29) is 18.1 Å². The largest absolute Gasteiger partial charge is 0.506 e. The lowest BCUT2D eigenvalue weighted by atomic mass is 9.79. The second kappa shape index (κ2) is 11.7. The van der Waals surface area contributed by atoms with E-state index in [2.05, 4.69) is 49.8 Å². The molecule has 2 aromatic rings. The van der Waals surface area contributed by atoms with Crippen molar-refractivity contribution in [1.29, 1.82) is 0 Å². The molecule has 0 radical (unpaired) electrons. The van der Waals surface area contributed by atoms with Crippen molar-refractivity contribution in [1.82, 2.24) is 5.32 Å². The Labute approximate surface area is 208 Å². The van der Waals surface area contributed by atoms with Crippen molar-refractivity contribution in [2.45, 2.75) is 26.4 Å². The number of carbonyl (C=O) groups is 3.